The molecule has 3 aromatic rings. The summed E-state index contributed by atoms with van der Waals surface area (Å²) in [4.78, 5) is 16.4. The smallest absolute Gasteiger partial charge is 0.254 e. The molecule has 3 N–H and O–H groups in total. The van der Waals surface area contributed by atoms with E-state index in [-0.39, 0.29) is 22.7 Å². The Hall–Kier alpha value is -3.69. The van der Waals surface area contributed by atoms with Gasteiger partial charge in [0, 0.05) is 50.8 Å². The molecule has 146 valence electrons. The number of ether oxygens (including phenoxy) is 1. The van der Waals surface area contributed by atoms with E-state index in [9.17, 15) is 13.6 Å². The van der Waals surface area contributed by atoms with Crippen molar-refractivity contribution < 1.29 is 18.3 Å². The van der Waals surface area contributed by atoms with Gasteiger partial charge in [0.2, 0.25) is 0 Å². The maximum absolute atomic E-state index is 14.0. The molecule has 0 saturated carbocycles. The van der Waals surface area contributed by atoms with E-state index in [2.05, 4.69) is 26.0 Å². The van der Waals surface area contributed by atoms with Crippen LogP contribution in [0.2, 0.25) is 0 Å². The molecule has 0 saturated heterocycles. The minimum absolute atomic E-state index is 0.0279. The van der Waals surface area contributed by atoms with Gasteiger partial charge in [-0.15, -0.1) is 0 Å². The number of amides is 1. The fourth-order valence-corrected chi connectivity index (χ4v) is 2.56. The molecule has 2 heterocycles. The lowest BCUT2D eigenvalue weighted by atomic mass is 10.2. The van der Waals surface area contributed by atoms with Crippen molar-refractivity contribution in [1.82, 2.24) is 20.1 Å². The predicted molar refractivity (Wildman–Crippen MR) is 100 cm³/mol. The van der Waals surface area contributed by atoms with Gasteiger partial charge in [-0.25, -0.2) is 13.8 Å². The first-order chi connectivity index (χ1) is 13.4. The monoisotopic (exact) mass is 388 g/mol. The Morgan fingerprint density at radius 1 is 1.14 bits per heavy atom. The third-order valence-electron chi connectivity index (χ3n) is 3.83. The van der Waals surface area contributed by atoms with Crippen molar-refractivity contribution in [2.24, 2.45) is 7.05 Å². The standard InChI is InChI=1S/C18H18F2N6O2/c1-21-18(27)11-9-22-16(24-15-4-5-26(2)25-15)8-13(11)23-14-7-10(19)6-12(20)17(14)28-3/h4-9H,1-3H3,(H,21,27)(H2,22,23,24,25). The van der Waals surface area contributed by atoms with Gasteiger partial charge in [-0.1, -0.05) is 0 Å². The van der Waals surface area contributed by atoms with Gasteiger partial charge in [-0.05, 0) is 0 Å². The van der Waals surface area contributed by atoms with Crippen LogP contribution in [0, 0.1) is 11.6 Å². The summed E-state index contributed by atoms with van der Waals surface area (Å²) < 4.78 is 34.3. The van der Waals surface area contributed by atoms with Crippen molar-refractivity contribution in [3.8, 4) is 5.75 Å². The van der Waals surface area contributed by atoms with Gasteiger partial charge in [0.15, 0.2) is 17.4 Å². The number of methoxy groups -OCH3 is 1. The van der Waals surface area contributed by atoms with Crippen LogP contribution >= 0.6 is 0 Å². The zero-order chi connectivity index (χ0) is 20.3. The molecule has 10 heteroatoms. The Morgan fingerprint density at radius 3 is 2.57 bits per heavy atom. The highest BCUT2D eigenvalue weighted by molar-refractivity contribution is 6.00. The first-order valence-electron chi connectivity index (χ1n) is 8.20. The van der Waals surface area contributed by atoms with Crippen LogP contribution in [0.3, 0.4) is 0 Å². The fraction of sp³-hybridized carbons (Fsp3) is 0.167. The molecule has 0 aliphatic heterocycles. The molecule has 0 aliphatic rings. The highest BCUT2D eigenvalue weighted by Crippen LogP contribution is 2.33. The van der Waals surface area contributed by atoms with Crippen molar-refractivity contribution in [3.05, 3.63) is 53.9 Å². The average molecular weight is 388 g/mol. The number of carbonyl (C=O) groups excluding carboxylic acids is 1. The Labute approximate surface area is 159 Å². The van der Waals surface area contributed by atoms with Crippen LogP contribution < -0.4 is 20.7 Å². The van der Waals surface area contributed by atoms with Gasteiger partial charge in [-0.3, -0.25) is 9.48 Å². The van der Waals surface area contributed by atoms with E-state index in [4.69, 9.17) is 4.74 Å². The van der Waals surface area contributed by atoms with Crippen LogP contribution in [-0.4, -0.2) is 34.8 Å². The number of hydrogen-bond acceptors (Lipinski definition) is 6. The lowest BCUT2D eigenvalue weighted by Crippen LogP contribution is -2.19. The molecule has 0 atom stereocenters. The van der Waals surface area contributed by atoms with Crippen LogP contribution in [0.25, 0.3) is 0 Å². The van der Waals surface area contributed by atoms with E-state index in [0.717, 1.165) is 6.07 Å². The molecule has 1 aromatic carbocycles. The summed E-state index contributed by atoms with van der Waals surface area (Å²) in [5, 5.41) is 12.5. The number of hydrogen-bond donors (Lipinski definition) is 3. The van der Waals surface area contributed by atoms with E-state index in [1.165, 1.54) is 26.4 Å². The second kappa shape index (κ2) is 7.91. The summed E-state index contributed by atoms with van der Waals surface area (Å²) >= 11 is 0. The Morgan fingerprint density at radius 2 is 1.93 bits per heavy atom. The van der Waals surface area contributed by atoms with Crippen molar-refractivity contribution in [2.45, 2.75) is 0 Å². The summed E-state index contributed by atoms with van der Waals surface area (Å²) in [6.45, 7) is 0. The molecule has 0 bridgehead atoms. The lowest BCUT2D eigenvalue weighted by Gasteiger charge is -2.15. The van der Waals surface area contributed by atoms with E-state index in [0.29, 0.717) is 17.7 Å². The van der Waals surface area contributed by atoms with Crippen LogP contribution in [-0.2, 0) is 7.05 Å². The number of carbonyl (C=O) groups is 1. The predicted octanol–water partition coefficient (Wildman–Crippen LogP) is 2.95. The second-order valence-corrected chi connectivity index (χ2v) is 5.79. The number of anilines is 4. The molecule has 28 heavy (non-hydrogen) atoms. The quantitative estimate of drug-likeness (QED) is 0.601. The van der Waals surface area contributed by atoms with E-state index >= 15 is 0 Å². The first-order valence-corrected chi connectivity index (χ1v) is 8.20. The topological polar surface area (TPSA) is 93.1 Å². The van der Waals surface area contributed by atoms with Crippen LogP contribution in [0.5, 0.6) is 5.75 Å². The first kappa shape index (κ1) is 19.1. The van der Waals surface area contributed by atoms with Gasteiger partial charge in [-0.2, -0.15) is 5.10 Å². The molecular weight excluding hydrogens is 370 g/mol. The molecule has 0 spiro atoms. The molecule has 0 unspecified atom stereocenters. The average Bonchev–Trinajstić information content (AvgIpc) is 3.06. The maximum atomic E-state index is 14.0. The number of rotatable bonds is 6. The van der Waals surface area contributed by atoms with E-state index < -0.39 is 17.5 Å². The zero-order valence-electron chi connectivity index (χ0n) is 15.4. The Balaban J connectivity index is 2.02. The molecule has 3 rings (SSSR count). The minimum Gasteiger partial charge on any atom is -0.492 e. The van der Waals surface area contributed by atoms with Crippen molar-refractivity contribution in [1.29, 1.82) is 0 Å². The van der Waals surface area contributed by atoms with Crippen LogP contribution in [0.4, 0.5) is 31.8 Å². The van der Waals surface area contributed by atoms with Crippen molar-refractivity contribution >= 4 is 28.9 Å². The molecule has 8 nitrogen and oxygen atoms in total. The number of aromatic nitrogens is 3. The van der Waals surface area contributed by atoms with Gasteiger partial charge in [0.1, 0.15) is 11.6 Å². The highest BCUT2D eigenvalue weighted by Gasteiger charge is 2.17. The Bertz CT molecular complexity index is 1020. The normalized spacial score (nSPS) is 10.5. The fourth-order valence-electron chi connectivity index (χ4n) is 2.56. The largest absolute Gasteiger partial charge is 0.492 e. The number of aryl methyl sites for hydroxylation is 1. The molecular formula is C18H18F2N6O2. The molecule has 0 fully saturated rings. The van der Waals surface area contributed by atoms with Crippen molar-refractivity contribution in [3.63, 3.8) is 0 Å². The van der Waals surface area contributed by atoms with Crippen molar-refractivity contribution in [2.75, 3.05) is 24.8 Å². The molecule has 1 amide bonds. The van der Waals surface area contributed by atoms with Gasteiger partial charge >= 0.3 is 0 Å². The molecule has 2 aromatic heterocycles. The number of nitrogens with one attached hydrogen (secondary N) is 3. The third kappa shape index (κ3) is 4.00. The summed E-state index contributed by atoms with van der Waals surface area (Å²) in [7, 11) is 4.50. The zero-order valence-corrected chi connectivity index (χ0v) is 15.4. The number of pyridine rings is 1. The Kier molecular flexibility index (Phi) is 5.39. The molecule has 0 aliphatic carbocycles. The maximum Gasteiger partial charge on any atom is 0.254 e. The van der Waals surface area contributed by atoms with Gasteiger partial charge < -0.3 is 20.7 Å². The molecule has 0 radical (unpaired) electrons. The van der Waals surface area contributed by atoms with E-state index in [1.807, 2.05) is 0 Å². The minimum atomic E-state index is -0.868. The van der Waals surface area contributed by atoms with Crippen LogP contribution in [0.15, 0.2) is 36.7 Å². The SMILES string of the molecule is CNC(=O)c1cnc(Nc2ccn(C)n2)cc1Nc1cc(F)cc(F)c1OC. The number of halogens is 2. The van der Waals surface area contributed by atoms with Gasteiger partial charge in [0.25, 0.3) is 5.91 Å². The van der Waals surface area contributed by atoms with Gasteiger partial charge in [0.05, 0.1) is 24.0 Å². The van der Waals surface area contributed by atoms with E-state index in [1.54, 1.807) is 24.0 Å². The summed E-state index contributed by atoms with van der Waals surface area (Å²) in [5.74, 6) is -1.33. The highest BCUT2D eigenvalue weighted by atomic mass is 19.1. The summed E-state index contributed by atoms with van der Waals surface area (Å²) in [6, 6.07) is 5.06. The second-order valence-electron chi connectivity index (χ2n) is 5.79. The third-order valence-corrected chi connectivity index (χ3v) is 3.83. The van der Waals surface area contributed by atoms with Crippen LogP contribution in [0.1, 0.15) is 10.4 Å². The number of nitrogens with zero attached hydrogens (tertiary/aromatic N) is 3. The lowest BCUT2D eigenvalue weighted by molar-refractivity contribution is 0.0963. The summed E-state index contributed by atoms with van der Waals surface area (Å²) in [6.07, 6.45) is 3.09. The summed E-state index contributed by atoms with van der Waals surface area (Å²) in [5.41, 5.74) is 0.483. The number of benzene rings is 1.